The van der Waals surface area contributed by atoms with Crippen molar-refractivity contribution in [2.45, 2.75) is 0 Å². The van der Waals surface area contributed by atoms with E-state index in [1.54, 1.807) is 12.1 Å². The quantitative estimate of drug-likeness (QED) is 0.336. The van der Waals surface area contributed by atoms with Crippen molar-refractivity contribution < 1.29 is 9.66 Å². The van der Waals surface area contributed by atoms with Crippen LogP contribution >= 0.6 is 11.6 Å². The van der Waals surface area contributed by atoms with Crippen LogP contribution in [0, 0.1) is 10.1 Å². The van der Waals surface area contributed by atoms with E-state index in [0.717, 1.165) is 5.57 Å². The van der Waals surface area contributed by atoms with Gasteiger partial charge in [-0.15, -0.1) is 11.6 Å². The first-order valence-corrected chi connectivity index (χ1v) is 4.77. The molecular formula is C10H10ClNO3. The van der Waals surface area contributed by atoms with Crippen LogP contribution in [0.15, 0.2) is 36.4 Å². The van der Waals surface area contributed by atoms with E-state index in [4.69, 9.17) is 16.3 Å². The van der Waals surface area contributed by atoms with Crippen molar-refractivity contribution in [2.24, 2.45) is 0 Å². The Hall–Kier alpha value is -1.55. The molecule has 0 N–H and O–H groups in total. The highest BCUT2D eigenvalue weighted by molar-refractivity contribution is 6.19. The molecule has 0 aliphatic rings. The molecule has 1 rings (SSSR count). The van der Waals surface area contributed by atoms with Crippen LogP contribution in [0.1, 0.15) is 0 Å². The Bertz CT molecular complexity index is 379. The van der Waals surface area contributed by atoms with Crippen LogP contribution in [-0.2, 0) is 0 Å². The number of alkyl halides is 1. The summed E-state index contributed by atoms with van der Waals surface area (Å²) >= 11 is 5.51. The van der Waals surface area contributed by atoms with E-state index < -0.39 is 4.92 Å². The Balaban J connectivity index is 2.66. The van der Waals surface area contributed by atoms with Gasteiger partial charge in [0.25, 0.3) is 5.69 Å². The zero-order valence-corrected chi connectivity index (χ0v) is 8.74. The molecule has 4 nitrogen and oxygen atoms in total. The molecule has 0 amide bonds. The average molecular weight is 228 g/mol. The number of hydrogen-bond acceptors (Lipinski definition) is 3. The molecule has 1 aromatic carbocycles. The van der Waals surface area contributed by atoms with Crippen molar-refractivity contribution in [3.05, 3.63) is 46.5 Å². The van der Waals surface area contributed by atoms with Crippen molar-refractivity contribution in [3.63, 3.8) is 0 Å². The number of nitro benzene ring substituents is 1. The number of halogens is 1. The van der Waals surface area contributed by atoms with Gasteiger partial charge in [0.1, 0.15) is 12.4 Å². The van der Waals surface area contributed by atoms with E-state index in [1.807, 2.05) is 0 Å². The molecule has 0 unspecified atom stereocenters. The Morgan fingerprint density at radius 2 is 2.33 bits per heavy atom. The van der Waals surface area contributed by atoms with E-state index in [0.29, 0.717) is 11.6 Å². The van der Waals surface area contributed by atoms with Gasteiger partial charge in [-0.05, 0) is 11.6 Å². The molecule has 0 spiro atoms. The first-order chi connectivity index (χ1) is 7.13. The number of nitro groups is 1. The van der Waals surface area contributed by atoms with Gasteiger partial charge in [-0.2, -0.15) is 0 Å². The minimum Gasteiger partial charge on any atom is -0.489 e. The van der Waals surface area contributed by atoms with Crippen LogP contribution in [0.3, 0.4) is 0 Å². The maximum atomic E-state index is 10.5. The lowest BCUT2D eigenvalue weighted by atomic mass is 10.3. The van der Waals surface area contributed by atoms with Crippen LogP contribution in [-0.4, -0.2) is 17.4 Å². The molecule has 0 radical (unpaired) electrons. The summed E-state index contributed by atoms with van der Waals surface area (Å²) in [5.41, 5.74) is 0.729. The fourth-order valence-corrected chi connectivity index (χ4v) is 0.988. The first-order valence-electron chi connectivity index (χ1n) is 4.23. The maximum absolute atomic E-state index is 10.5. The number of hydrogen-bond donors (Lipinski definition) is 0. The zero-order chi connectivity index (χ0) is 11.3. The van der Waals surface area contributed by atoms with E-state index >= 15 is 0 Å². The molecule has 0 saturated carbocycles. The van der Waals surface area contributed by atoms with Gasteiger partial charge in [0.2, 0.25) is 0 Å². The molecule has 80 valence electrons. The van der Waals surface area contributed by atoms with Gasteiger partial charge < -0.3 is 4.74 Å². The van der Waals surface area contributed by atoms with Crippen molar-refractivity contribution in [1.29, 1.82) is 0 Å². The zero-order valence-electron chi connectivity index (χ0n) is 7.98. The Morgan fingerprint density at radius 3 is 2.93 bits per heavy atom. The predicted octanol–water partition coefficient (Wildman–Crippen LogP) is 2.77. The average Bonchev–Trinajstić information content (AvgIpc) is 2.26. The van der Waals surface area contributed by atoms with Crippen molar-refractivity contribution in [1.82, 2.24) is 0 Å². The van der Waals surface area contributed by atoms with E-state index in [-0.39, 0.29) is 12.3 Å². The van der Waals surface area contributed by atoms with E-state index in [9.17, 15) is 10.1 Å². The normalized spacial score (nSPS) is 9.67. The number of non-ortho nitro benzene ring substituents is 1. The van der Waals surface area contributed by atoms with Crippen molar-refractivity contribution >= 4 is 17.3 Å². The summed E-state index contributed by atoms with van der Waals surface area (Å²) in [4.78, 5) is 9.99. The molecule has 1 aromatic rings. The second-order valence-corrected chi connectivity index (χ2v) is 3.19. The predicted molar refractivity (Wildman–Crippen MR) is 58.5 cm³/mol. The van der Waals surface area contributed by atoms with Crippen molar-refractivity contribution in [2.75, 3.05) is 12.5 Å². The molecule has 15 heavy (non-hydrogen) atoms. The molecule has 0 aliphatic heterocycles. The second kappa shape index (κ2) is 5.36. The molecule has 0 aliphatic carbocycles. The SMILES string of the molecule is C=C(CCl)COc1cccc([N+](=O)[O-])c1. The Labute approximate surface area is 92.3 Å². The van der Waals surface area contributed by atoms with Crippen LogP contribution < -0.4 is 4.74 Å². The lowest BCUT2D eigenvalue weighted by Crippen LogP contribution is -2.01. The third kappa shape index (κ3) is 3.59. The van der Waals surface area contributed by atoms with Crippen LogP contribution in [0.2, 0.25) is 0 Å². The Kier molecular flexibility index (Phi) is 4.12. The third-order valence-corrected chi connectivity index (χ3v) is 2.04. The summed E-state index contributed by atoms with van der Waals surface area (Å²) in [5.74, 6) is 0.755. The lowest BCUT2D eigenvalue weighted by Gasteiger charge is -2.05. The summed E-state index contributed by atoms with van der Waals surface area (Å²) in [7, 11) is 0. The van der Waals surface area contributed by atoms with Crippen LogP contribution in [0.25, 0.3) is 0 Å². The van der Waals surface area contributed by atoms with Crippen molar-refractivity contribution in [3.8, 4) is 5.75 Å². The van der Waals surface area contributed by atoms with Gasteiger partial charge in [0.05, 0.1) is 11.0 Å². The molecule has 0 bridgehead atoms. The summed E-state index contributed by atoms with van der Waals surface area (Å²) in [6.07, 6.45) is 0. The van der Waals surface area contributed by atoms with Crippen LogP contribution in [0.5, 0.6) is 5.75 Å². The van der Waals surface area contributed by atoms with Gasteiger partial charge in [0, 0.05) is 11.9 Å². The molecule has 0 heterocycles. The maximum Gasteiger partial charge on any atom is 0.273 e. The molecule has 0 aromatic heterocycles. The van der Waals surface area contributed by atoms with Gasteiger partial charge in [0.15, 0.2) is 0 Å². The standard InChI is InChI=1S/C10H10ClNO3/c1-8(6-11)7-15-10-4-2-3-9(5-10)12(13)14/h2-5H,1,6-7H2. The molecule has 0 saturated heterocycles. The number of benzene rings is 1. The topological polar surface area (TPSA) is 52.4 Å². The highest BCUT2D eigenvalue weighted by atomic mass is 35.5. The minimum atomic E-state index is -0.469. The molecular weight excluding hydrogens is 218 g/mol. The largest absolute Gasteiger partial charge is 0.489 e. The second-order valence-electron chi connectivity index (χ2n) is 2.93. The van der Waals surface area contributed by atoms with Gasteiger partial charge in [-0.1, -0.05) is 12.6 Å². The molecule has 5 heteroatoms. The van der Waals surface area contributed by atoms with E-state index in [2.05, 4.69) is 6.58 Å². The molecule has 0 atom stereocenters. The third-order valence-electron chi connectivity index (χ3n) is 1.66. The number of rotatable bonds is 5. The first kappa shape index (κ1) is 11.5. The summed E-state index contributed by atoms with van der Waals surface area (Å²) in [5, 5.41) is 10.5. The number of ether oxygens (including phenoxy) is 1. The highest BCUT2D eigenvalue weighted by Gasteiger charge is 2.06. The highest BCUT2D eigenvalue weighted by Crippen LogP contribution is 2.19. The van der Waals surface area contributed by atoms with Gasteiger partial charge >= 0.3 is 0 Å². The smallest absolute Gasteiger partial charge is 0.273 e. The monoisotopic (exact) mass is 227 g/mol. The van der Waals surface area contributed by atoms with E-state index in [1.165, 1.54) is 12.1 Å². The molecule has 0 fully saturated rings. The summed E-state index contributed by atoms with van der Waals surface area (Å²) in [6.45, 7) is 3.92. The lowest BCUT2D eigenvalue weighted by molar-refractivity contribution is -0.384. The minimum absolute atomic E-state index is 0.00369. The van der Waals surface area contributed by atoms with Gasteiger partial charge in [-0.3, -0.25) is 10.1 Å². The fraction of sp³-hybridized carbons (Fsp3) is 0.200. The fourth-order valence-electron chi connectivity index (χ4n) is 0.911. The Morgan fingerprint density at radius 1 is 1.60 bits per heavy atom. The number of nitrogens with zero attached hydrogens (tertiary/aromatic N) is 1. The van der Waals surface area contributed by atoms with Crippen LogP contribution in [0.4, 0.5) is 5.69 Å². The summed E-state index contributed by atoms with van der Waals surface area (Å²) < 4.78 is 5.26. The summed E-state index contributed by atoms with van der Waals surface area (Å²) in [6, 6.07) is 5.98. The van der Waals surface area contributed by atoms with Gasteiger partial charge in [-0.25, -0.2) is 0 Å².